The first-order valence-corrected chi connectivity index (χ1v) is 8.64. The molecule has 1 fully saturated rings. The maximum absolute atomic E-state index is 11.9. The Morgan fingerprint density at radius 2 is 2.19 bits per heavy atom. The number of carbonyl (C=O) groups is 1. The number of hydrogen-bond donors (Lipinski definition) is 1. The van der Waals surface area contributed by atoms with Crippen molar-refractivity contribution in [1.29, 1.82) is 0 Å². The summed E-state index contributed by atoms with van der Waals surface area (Å²) in [5.41, 5.74) is 0. The standard InChI is InChI=1S/C12H16N6OS2/c1-3-9-15-17-12(18(9)8-4-5-8)20-6-10(19)13-11-16-14-7(2)21-11/h8H,3-6H2,1-2H3,(H,13,16,19). The largest absolute Gasteiger partial charge is 0.303 e. The van der Waals surface area contributed by atoms with Crippen LogP contribution >= 0.6 is 23.1 Å². The van der Waals surface area contributed by atoms with Crippen LogP contribution in [0.4, 0.5) is 5.13 Å². The van der Waals surface area contributed by atoms with E-state index in [1.165, 1.54) is 35.9 Å². The van der Waals surface area contributed by atoms with Crippen LogP contribution in [0, 0.1) is 6.92 Å². The van der Waals surface area contributed by atoms with Gasteiger partial charge < -0.3 is 4.57 Å². The molecule has 112 valence electrons. The second-order valence-electron chi connectivity index (χ2n) is 4.82. The normalized spacial score (nSPS) is 14.4. The highest BCUT2D eigenvalue weighted by molar-refractivity contribution is 7.99. The summed E-state index contributed by atoms with van der Waals surface area (Å²) >= 11 is 2.79. The molecule has 0 aromatic carbocycles. The van der Waals surface area contributed by atoms with Gasteiger partial charge in [-0.05, 0) is 19.8 Å². The molecule has 3 rings (SSSR count). The fourth-order valence-corrected chi connectivity index (χ4v) is 3.41. The van der Waals surface area contributed by atoms with Crippen molar-refractivity contribution in [2.45, 2.75) is 44.3 Å². The van der Waals surface area contributed by atoms with E-state index in [9.17, 15) is 4.79 Å². The summed E-state index contributed by atoms with van der Waals surface area (Å²) in [6.07, 6.45) is 3.21. The zero-order chi connectivity index (χ0) is 14.8. The second kappa shape index (κ2) is 6.10. The molecule has 1 saturated carbocycles. The van der Waals surface area contributed by atoms with Crippen LogP contribution in [0.1, 0.15) is 36.6 Å². The molecule has 0 spiro atoms. The molecular weight excluding hydrogens is 308 g/mol. The average Bonchev–Trinajstić information content (AvgIpc) is 3.09. The van der Waals surface area contributed by atoms with Crippen LogP contribution in [-0.4, -0.2) is 36.6 Å². The van der Waals surface area contributed by atoms with E-state index in [1.54, 1.807) is 0 Å². The number of carbonyl (C=O) groups excluding carboxylic acids is 1. The Balaban J connectivity index is 1.60. The molecule has 7 nitrogen and oxygen atoms in total. The van der Waals surface area contributed by atoms with Gasteiger partial charge in [0.15, 0.2) is 5.16 Å². The van der Waals surface area contributed by atoms with Crippen molar-refractivity contribution < 1.29 is 4.79 Å². The minimum absolute atomic E-state index is 0.0976. The number of aromatic nitrogens is 5. The smallest absolute Gasteiger partial charge is 0.236 e. The van der Waals surface area contributed by atoms with E-state index in [2.05, 4.69) is 37.2 Å². The van der Waals surface area contributed by atoms with Crippen molar-refractivity contribution in [2.75, 3.05) is 11.1 Å². The quantitative estimate of drug-likeness (QED) is 0.819. The highest BCUT2D eigenvalue weighted by Crippen LogP contribution is 2.38. The summed E-state index contributed by atoms with van der Waals surface area (Å²) < 4.78 is 2.17. The molecule has 0 saturated heterocycles. The predicted molar refractivity (Wildman–Crippen MR) is 81.7 cm³/mol. The zero-order valence-electron chi connectivity index (χ0n) is 11.9. The second-order valence-corrected chi connectivity index (χ2v) is 6.94. The topological polar surface area (TPSA) is 85.6 Å². The van der Waals surface area contributed by atoms with Crippen molar-refractivity contribution in [2.24, 2.45) is 0 Å². The number of rotatable bonds is 6. The van der Waals surface area contributed by atoms with Crippen molar-refractivity contribution in [3.8, 4) is 0 Å². The lowest BCUT2D eigenvalue weighted by Gasteiger charge is -2.07. The Bertz CT molecular complexity index is 648. The molecule has 0 radical (unpaired) electrons. The summed E-state index contributed by atoms with van der Waals surface area (Å²) in [6.45, 7) is 3.92. The minimum Gasteiger partial charge on any atom is -0.303 e. The van der Waals surface area contributed by atoms with Gasteiger partial charge in [-0.1, -0.05) is 30.0 Å². The molecule has 0 unspecified atom stereocenters. The van der Waals surface area contributed by atoms with Crippen LogP contribution < -0.4 is 5.32 Å². The van der Waals surface area contributed by atoms with Gasteiger partial charge in [0.1, 0.15) is 10.8 Å². The fraction of sp³-hybridized carbons (Fsp3) is 0.583. The number of nitrogens with one attached hydrogen (secondary N) is 1. The number of anilines is 1. The molecule has 1 amide bonds. The molecule has 2 aromatic rings. The van der Waals surface area contributed by atoms with E-state index < -0.39 is 0 Å². The molecule has 0 bridgehead atoms. The summed E-state index contributed by atoms with van der Waals surface area (Å²) in [4.78, 5) is 11.9. The number of aryl methyl sites for hydroxylation is 2. The molecule has 1 N–H and O–H groups in total. The highest BCUT2D eigenvalue weighted by atomic mass is 32.2. The zero-order valence-corrected chi connectivity index (χ0v) is 13.5. The first-order chi connectivity index (χ1) is 10.2. The third kappa shape index (κ3) is 3.41. The Kier molecular flexibility index (Phi) is 4.20. The number of thioether (sulfide) groups is 1. The van der Waals surface area contributed by atoms with Crippen molar-refractivity contribution in [3.05, 3.63) is 10.8 Å². The van der Waals surface area contributed by atoms with Crippen LogP contribution in [0.5, 0.6) is 0 Å². The number of amides is 1. The summed E-state index contributed by atoms with van der Waals surface area (Å²) in [6, 6.07) is 0.520. The van der Waals surface area contributed by atoms with Gasteiger partial charge in [-0.25, -0.2) is 0 Å². The SMILES string of the molecule is CCc1nnc(SCC(=O)Nc2nnc(C)s2)n1C1CC1. The van der Waals surface area contributed by atoms with Gasteiger partial charge in [-0.3, -0.25) is 10.1 Å². The van der Waals surface area contributed by atoms with Gasteiger partial charge in [0.25, 0.3) is 0 Å². The Morgan fingerprint density at radius 1 is 1.38 bits per heavy atom. The van der Waals surface area contributed by atoms with E-state index in [1.807, 2.05) is 6.92 Å². The van der Waals surface area contributed by atoms with E-state index in [0.717, 1.165) is 22.4 Å². The molecular formula is C12H16N6OS2. The van der Waals surface area contributed by atoms with Gasteiger partial charge in [0, 0.05) is 12.5 Å². The lowest BCUT2D eigenvalue weighted by atomic mass is 10.4. The molecule has 2 aromatic heterocycles. The Morgan fingerprint density at radius 3 is 2.81 bits per heavy atom. The lowest BCUT2D eigenvalue weighted by molar-refractivity contribution is -0.113. The van der Waals surface area contributed by atoms with Crippen molar-refractivity contribution >= 4 is 34.1 Å². The van der Waals surface area contributed by atoms with Crippen LogP contribution in [0.2, 0.25) is 0 Å². The monoisotopic (exact) mass is 324 g/mol. The number of nitrogens with zero attached hydrogens (tertiary/aromatic N) is 5. The molecule has 0 aliphatic heterocycles. The third-order valence-electron chi connectivity index (χ3n) is 3.07. The molecule has 1 aliphatic rings. The van der Waals surface area contributed by atoms with E-state index in [4.69, 9.17) is 0 Å². The van der Waals surface area contributed by atoms with Crippen LogP contribution in [0.25, 0.3) is 0 Å². The molecule has 1 aliphatic carbocycles. The highest BCUT2D eigenvalue weighted by Gasteiger charge is 2.29. The molecule has 9 heteroatoms. The summed E-state index contributed by atoms with van der Waals surface area (Å²) in [7, 11) is 0. The minimum atomic E-state index is -0.0976. The van der Waals surface area contributed by atoms with Crippen LogP contribution in [-0.2, 0) is 11.2 Å². The molecule has 21 heavy (non-hydrogen) atoms. The van der Waals surface area contributed by atoms with Crippen molar-refractivity contribution in [3.63, 3.8) is 0 Å². The Hall–Kier alpha value is -1.48. The maximum Gasteiger partial charge on any atom is 0.236 e. The van der Waals surface area contributed by atoms with Gasteiger partial charge in [-0.15, -0.1) is 20.4 Å². The third-order valence-corrected chi connectivity index (χ3v) is 4.77. The maximum atomic E-state index is 11.9. The van der Waals surface area contributed by atoms with E-state index in [-0.39, 0.29) is 5.91 Å². The molecule has 0 atom stereocenters. The van der Waals surface area contributed by atoms with Gasteiger partial charge in [0.05, 0.1) is 5.75 Å². The van der Waals surface area contributed by atoms with E-state index >= 15 is 0 Å². The fourth-order valence-electron chi connectivity index (χ4n) is 1.98. The van der Waals surface area contributed by atoms with E-state index in [0.29, 0.717) is 16.9 Å². The molecule has 2 heterocycles. The average molecular weight is 324 g/mol. The summed E-state index contributed by atoms with van der Waals surface area (Å²) in [5, 5.41) is 21.1. The lowest BCUT2D eigenvalue weighted by Crippen LogP contribution is -2.14. The van der Waals surface area contributed by atoms with Gasteiger partial charge >= 0.3 is 0 Å². The first-order valence-electron chi connectivity index (χ1n) is 6.84. The van der Waals surface area contributed by atoms with Gasteiger partial charge in [0.2, 0.25) is 11.0 Å². The van der Waals surface area contributed by atoms with Crippen LogP contribution in [0.3, 0.4) is 0 Å². The van der Waals surface area contributed by atoms with Crippen molar-refractivity contribution in [1.82, 2.24) is 25.0 Å². The van der Waals surface area contributed by atoms with Gasteiger partial charge in [-0.2, -0.15) is 0 Å². The van der Waals surface area contributed by atoms with Crippen LogP contribution in [0.15, 0.2) is 5.16 Å². The summed E-state index contributed by atoms with van der Waals surface area (Å²) in [5.74, 6) is 1.20. The number of hydrogen-bond acceptors (Lipinski definition) is 7. The predicted octanol–water partition coefficient (Wildman–Crippen LogP) is 2.07. The first kappa shape index (κ1) is 14.5. The Labute approximate surface area is 130 Å².